The third-order valence-electron chi connectivity index (χ3n) is 2.45. The van der Waals surface area contributed by atoms with E-state index in [0.29, 0.717) is 17.3 Å². The molecule has 0 heterocycles. The summed E-state index contributed by atoms with van der Waals surface area (Å²) in [7, 11) is 7.88. The molecule has 0 aliphatic carbocycles. The number of hydrogen-bond acceptors (Lipinski definition) is 2. The van der Waals surface area contributed by atoms with Crippen LogP contribution in [0.2, 0.25) is 5.02 Å². The van der Waals surface area contributed by atoms with Crippen molar-refractivity contribution in [3.8, 4) is 5.75 Å². The summed E-state index contributed by atoms with van der Waals surface area (Å²) in [6, 6.07) is 7.47. The van der Waals surface area contributed by atoms with E-state index in [9.17, 15) is 0 Å². The molecule has 1 atom stereocenters. The van der Waals surface area contributed by atoms with Gasteiger partial charge in [-0.15, -0.1) is 24.0 Å². The molecule has 0 spiro atoms. The van der Waals surface area contributed by atoms with E-state index in [1.807, 2.05) is 69.2 Å². The maximum atomic E-state index is 6.05. The van der Waals surface area contributed by atoms with Gasteiger partial charge in [0.05, 0.1) is 11.6 Å². The van der Waals surface area contributed by atoms with Crippen LogP contribution >= 0.6 is 35.6 Å². The number of aliphatic imine (C=N–C) groups is 1. The van der Waals surface area contributed by atoms with E-state index < -0.39 is 0 Å². The number of nitrogens with zero attached hydrogens (tertiary/aromatic N) is 3. The molecule has 0 radical (unpaired) electrons. The van der Waals surface area contributed by atoms with Gasteiger partial charge in [-0.05, 0) is 19.1 Å². The van der Waals surface area contributed by atoms with E-state index in [1.54, 1.807) is 0 Å². The van der Waals surface area contributed by atoms with Gasteiger partial charge in [-0.3, -0.25) is 0 Å². The van der Waals surface area contributed by atoms with Gasteiger partial charge in [-0.25, -0.2) is 4.99 Å². The molecule has 20 heavy (non-hydrogen) atoms. The minimum Gasteiger partial charge on any atom is -0.487 e. The number of para-hydroxylation sites is 1. The van der Waals surface area contributed by atoms with Crippen LogP contribution in [0.4, 0.5) is 0 Å². The first-order valence-corrected chi connectivity index (χ1v) is 6.60. The second kappa shape index (κ2) is 9.28. The second-order valence-electron chi connectivity index (χ2n) is 4.79. The molecule has 0 fully saturated rings. The first-order valence-electron chi connectivity index (χ1n) is 6.22. The van der Waals surface area contributed by atoms with Crippen LogP contribution in [0.3, 0.4) is 0 Å². The monoisotopic (exact) mass is 411 g/mol. The molecule has 1 unspecified atom stereocenters. The molecule has 0 aromatic heterocycles. The molecule has 1 aromatic carbocycles. The summed E-state index contributed by atoms with van der Waals surface area (Å²) >= 11 is 6.05. The lowest BCUT2D eigenvalue weighted by molar-refractivity contribution is 0.229. The van der Waals surface area contributed by atoms with Crippen LogP contribution < -0.4 is 4.74 Å². The van der Waals surface area contributed by atoms with Crippen molar-refractivity contribution in [1.82, 2.24) is 9.80 Å². The smallest absolute Gasteiger partial charge is 0.195 e. The van der Waals surface area contributed by atoms with Crippen LogP contribution in [0, 0.1) is 0 Å². The van der Waals surface area contributed by atoms with Crippen LogP contribution in [0.25, 0.3) is 0 Å². The molecule has 0 saturated heterocycles. The summed E-state index contributed by atoms with van der Waals surface area (Å²) < 4.78 is 5.78. The highest BCUT2D eigenvalue weighted by atomic mass is 127. The average Bonchev–Trinajstić information content (AvgIpc) is 2.31. The van der Waals surface area contributed by atoms with Gasteiger partial charge in [-0.1, -0.05) is 23.7 Å². The lowest BCUT2D eigenvalue weighted by atomic mass is 10.3. The molecule has 0 saturated carbocycles. The zero-order valence-corrected chi connectivity index (χ0v) is 15.7. The summed E-state index contributed by atoms with van der Waals surface area (Å²) in [5.41, 5.74) is 0. The van der Waals surface area contributed by atoms with Crippen molar-refractivity contribution in [2.24, 2.45) is 4.99 Å². The Morgan fingerprint density at radius 3 is 2.25 bits per heavy atom. The summed E-state index contributed by atoms with van der Waals surface area (Å²) in [4.78, 5) is 8.50. The Balaban J connectivity index is 0.00000361. The third-order valence-corrected chi connectivity index (χ3v) is 2.77. The predicted molar refractivity (Wildman–Crippen MR) is 96.6 cm³/mol. The Kier molecular flexibility index (Phi) is 8.96. The molecule has 0 aliphatic heterocycles. The molecule has 0 N–H and O–H groups in total. The van der Waals surface area contributed by atoms with Crippen molar-refractivity contribution in [2.75, 3.05) is 34.7 Å². The Morgan fingerprint density at radius 2 is 1.75 bits per heavy atom. The standard InChI is InChI=1S/C14H22ClN3O.HI/c1-11(10-16-14(17(2)3)18(4)5)19-13-9-7-6-8-12(13)15;/h6-9,11H,10H2,1-5H3;1H. The molecule has 0 amide bonds. The number of halogens is 2. The topological polar surface area (TPSA) is 28.1 Å². The lowest BCUT2D eigenvalue weighted by Gasteiger charge is -2.23. The SMILES string of the molecule is CC(CN=C(N(C)C)N(C)C)Oc1ccccc1Cl.I. The van der Waals surface area contributed by atoms with Crippen molar-refractivity contribution in [2.45, 2.75) is 13.0 Å². The van der Waals surface area contributed by atoms with E-state index in [4.69, 9.17) is 16.3 Å². The van der Waals surface area contributed by atoms with Gasteiger partial charge in [0.25, 0.3) is 0 Å². The van der Waals surface area contributed by atoms with Gasteiger partial charge in [0.2, 0.25) is 0 Å². The molecule has 0 aliphatic rings. The molecule has 1 rings (SSSR count). The van der Waals surface area contributed by atoms with Gasteiger partial charge < -0.3 is 14.5 Å². The van der Waals surface area contributed by atoms with Crippen molar-refractivity contribution in [3.63, 3.8) is 0 Å². The minimum atomic E-state index is -0.0326. The van der Waals surface area contributed by atoms with E-state index in [2.05, 4.69) is 4.99 Å². The van der Waals surface area contributed by atoms with E-state index in [-0.39, 0.29) is 30.1 Å². The zero-order valence-electron chi connectivity index (χ0n) is 12.6. The summed E-state index contributed by atoms with van der Waals surface area (Å²) in [6.07, 6.45) is -0.0326. The molecule has 0 bridgehead atoms. The normalized spacial score (nSPS) is 11.1. The maximum Gasteiger partial charge on any atom is 0.195 e. The number of hydrogen-bond donors (Lipinski definition) is 0. The van der Waals surface area contributed by atoms with Crippen LogP contribution in [0.15, 0.2) is 29.3 Å². The van der Waals surface area contributed by atoms with Gasteiger partial charge >= 0.3 is 0 Å². The third kappa shape index (κ3) is 6.17. The Bertz CT molecular complexity index is 428. The Hall–Kier alpha value is -0.690. The van der Waals surface area contributed by atoms with Crippen molar-refractivity contribution in [1.29, 1.82) is 0 Å². The molecular formula is C14H23ClIN3O. The largest absolute Gasteiger partial charge is 0.487 e. The number of guanidine groups is 1. The number of benzene rings is 1. The van der Waals surface area contributed by atoms with Crippen molar-refractivity contribution >= 4 is 41.5 Å². The van der Waals surface area contributed by atoms with E-state index >= 15 is 0 Å². The fourth-order valence-electron chi connectivity index (χ4n) is 1.69. The van der Waals surface area contributed by atoms with Crippen LogP contribution in [0.5, 0.6) is 5.75 Å². The molecule has 114 valence electrons. The van der Waals surface area contributed by atoms with Crippen LogP contribution in [0.1, 0.15) is 6.92 Å². The highest BCUT2D eigenvalue weighted by Crippen LogP contribution is 2.24. The van der Waals surface area contributed by atoms with Gasteiger partial charge in [0.15, 0.2) is 5.96 Å². The maximum absolute atomic E-state index is 6.05. The predicted octanol–water partition coefficient (Wildman–Crippen LogP) is 3.20. The van der Waals surface area contributed by atoms with Gasteiger partial charge in [-0.2, -0.15) is 0 Å². The fourth-order valence-corrected chi connectivity index (χ4v) is 1.87. The molecule has 4 nitrogen and oxygen atoms in total. The van der Waals surface area contributed by atoms with Crippen LogP contribution in [-0.4, -0.2) is 56.6 Å². The minimum absolute atomic E-state index is 0. The van der Waals surface area contributed by atoms with E-state index in [0.717, 1.165) is 5.96 Å². The zero-order chi connectivity index (χ0) is 14.4. The fraction of sp³-hybridized carbons (Fsp3) is 0.500. The van der Waals surface area contributed by atoms with Crippen LogP contribution in [-0.2, 0) is 0 Å². The van der Waals surface area contributed by atoms with Gasteiger partial charge in [0, 0.05) is 28.2 Å². The first kappa shape index (κ1) is 19.3. The number of ether oxygens (including phenoxy) is 1. The van der Waals surface area contributed by atoms with Gasteiger partial charge in [0.1, 0.15) is 11.9 Å². The quantitative estimate of drug-likeness (QED) is 0.433. The van der Waals surface area contributed by atoms with E-state index in [1.165, 1.54) is 0 Å². The molecular weight excluding hydrogens is 389 g/mol. The Labute approximate surface area is 143 Å². The highest BCUT2D eigenvalue weighted by Gasteiger charge is 2.09. The van der Waals surface area contributed by atoms with Crippen molar-refractivity contribution < 1.29 is 4.74 Å². The average molecular weight is 412 g/mol. The highest BCUT2D eigenvalue weighted by molar-refractivity contribution is 14.0. The summed E-state index contributed by atoms with van der Waals surface area (Å²) in [6.45, 7) is 2.56. The summed E-state index contributed by atoms with van der Waals surface area (Å²) in [5.74, 6) is 1.61. The number of rotatable bonds is 4. The Morgan fingerprint density at radius 1 is 1.20 bits per heavy atom. The first-order chi connectivity index (χ1) is 8.91. The molecule has 6 heteroatoms. The summed E-state index contributed by atoms with van der Waals surface area (Å²) in [5, 5.41) is 0.624. The van der Waals surface area contributed by atoms with Crippen molar-refractivity contribution in [3.05, 3.63) is 29.3 Å². The lowest BCUT2D eigenvalue weighted by Crippen LogP contribution is -2.36. The second-order valence-corrected chi connectivity index (χ2v) is 5.20. The molecule has 1 aromatic rings.